The first-order valence-corrected chi connectivity index (χ1v) is 4.46. The molecule has 0 nitrogen and oxygen atoms in total. The molecule has 0 aromatic heterocycles. The minimum absolute atomic E-state index is 0.900. The van der Waals surface area contributed by atoms with Crippen molar-refractivity contribution in [2.24, 2.45) is 5.92 Å². The summed E-state index contributed by atoms with van der Waals surface area (Å²) in [7, 11) is 0. The first-order chi connectivity index (χ1) is 5.45. The Bertz CT molecular complexity index is 218. The molecule has 0 radical (unpaired) electrons. The zero-order chi connectivity index (χ0) is 7.52. The van der Waals surface area contributed by atoms with E-state index in [0.29, 0.717) is 0 Å². The third-order valence-electron chi connectivity index (χ3n) is 2.53. The van der Waals surface area contributed by atoms with Crippen LogP contribution in [0.5, 0.6) is 0 Å². The molecule has 0 aliphatic heterocycles. The monoisotopic (exact) mass is 146 g/mol. The minimum Gasteiger partial charge on any atom is -0.0877 e. The highest BCUT2D eigenvalue weighted by Gasteiger charge is 2.10. The maximum absolute atomic E-state index is 2.34. The van der Waals surface area contributed by atoms with Gasteiger partial charge in [-0.15, -0.1) is 0 Å². The summed E-state index contributed by atoms with van der Waals surface area (Å²) < 4.78 is 0. The maximum Gasteiger partial charge on any atom is -0.0133 e. The Morgan fingerprint density at radius 1 is 1.36 bits per heavy atom. The lowest BCUT2D eigenvalue weighted by Crippen LogP contribution is -2.02. The Labute approximate surface area is 68.3 Å². The standard InChI is InChI=1S/C11H14/c1-2-5-10(4-1)8-9-11-6-3-7-11/h1-4,6,11H,5,7-9H2. The lowest BCUT2D eigenvalue weighted by atomic mass is 9.89. The van der Waals surface area contributed by atoms with Crippen LogP contribution in [0.15, 0.2) is 36.0 Å². The number of allylic oxidation sites excluding steroid dienone is 6. The van der Waals surface area contributed by atoms with E-state index in [0.717, 1.165) is 5.92 Å². The molecule has 2 aliphatic carbocycles. The summed E-state index contributed by atoms with van der Waals surface area (Å²) in [5.74, 6) is 0.900. The molecule has 0 aromatic rings. The highest BCUT2D eigenvalue weighted by Crippen LogP contribution is 2.26. The van der Waals surface area contributed by atoms with Gasteiger partial charge in [0.15, 0.2) is 0 Å². The van der Waals surface area contributed by atoms with Crippen LogP contribution >= 0.6 is 0 Å². The second kappa shape index (κ2) is 3.08. The van der Waals surface area contributed by atoms with Gasteiger partial charge in [0.2, 0.25) is 0 Å². The molecular formula is C11H14. The molecule has 0 fully saturated rings. The van der Waals surface area contributed by atoms with Crippen molar-refractivity contribution < 1.29 is 0 Å². The average Bonchev–Trinajstić information content (AvgIpc) is 2.36. The normalized spacial score (nSPS) is 26.9. The van der Waals surface area contributed by atoms with Gasteiger partial charge in [0.1, 0.15) is 0 Å². The highest BCUT2D eigenvalue weighted by atomic mass is 14.2. The first-order valence-electron chi connectivity index (χ1n) is 4.46. The fraction of sp³-hybridized carbons (Fsp3) is 0.455. The zero-order valence-electron chi connectivity index (χ0n) is 6.79. The zero-order valence-corrected chi connectivity index (χ0v) is 6.79. The van der Waals surface area contributed by atoms with E-state index in [2.05, 4.69) is 30.4 Å². The summed E-state index contributed by atoms with van der Waals surface area (Å²) in [6, 6.07) is 0. The van der Waals surface area contributed by atoms with E-state index in [4.69, 9.17) is 0 Å². The number of hydrogen-bond acceptors (Lipinski definition) is 0. The van der Waals surface area contributed by atoms with Crippen LogP contribution in [0, 0.1) is 5.92 Å². The van der Waals surface area contributed by atoms with Gasteiger partial charge < -0.3 is 0 Å². The topological polar surface area (TPSA) is 0 Å². The van der Waals surface area contributed by atoms with Gasteiger partial charge in [-0.25, -0.2) is 0 Å². The molecule has 0 spiro atoms. The number of rotatable bonds is 3. The molecule has 58 valence electrons. The Kier molecular flexibility index (Phi) is 1.93. The molecule has 2 aliphatic rings. The van der Waals surface area contributed by atoms with Gasteiger partial charge in [0.05, 0.1) is 0 Å². The van der Waals surface area contributed by atoms with Crippen LogP contribution in [-0.2, 0) is 0 Å². The molecular weight excluding hydrogens is 132 g/mol. The van der Waals surface area contributed by atoms with Crippen molar-refractivity contribution in [1.82, 2.24) is 0 Å². The summed E-state index contributed by atoms with van der Waals surface area (Å²) >= 11 is 0. The average molecular weight is 146 g/mol. The molecule has 1 unspecified atom stereocenters. The molecule has 0 saturated heterocycles. The summed E-state index contributed by atoms with van der Waals surface area (Å²) in [5.41, 5.74) is 1.62. The minimum atomic E-state index is 0.900. The molecule has 11 heavy (non-hydrogen) atoms. The fourth-order valence-corrected chi connectivity index (χ4v) is 1.59. The quantitative estimate of drug-likeness (QED) is 0.536. The molecule has 1 atom stereocenters. The summed E-state index contributed by atoms with van der Waals surface area (Å²) in [6.45, 7) is 0. The predicted octanol–water partition coefficient (Wildman–Crippen LogP) is 3.23. The highest BCUT2D eigenvalue weighted by molar-refractivity contribution is 5.23. The van der Waals surface area contributed by atoms with Crippen molar-refractivity contribution in [2.45, 2.75) is 25.7 Å². The Morgan fingerprint density at radius 2 is 2.27 bits per heavy atom. The second-order valence-electron chi connectivity index (χ2n) is 3.42. The van der Waals surface area contributed by atoms with Crippen LogP contribution in [0.25, 0.3) is 0 Å². The molecule has 2 rings (SSSR count). The third kappa shape index (κ3) is 1.62. The van der Waals surface area contributed by atoms with E-state index in [1.54, 1.807) is 5.57 Å². The largest absolute Gasteiger partial charge is 0.0877 e. The summed E-state index contributed by atoms with van der Waals surface area (Å²) in [5, 5.41) is 0. The molecule has 0 heteroatoms. The third-order valence-corrected chi connectivity index (χ3v) is 2.53. The van der Waals surface area contributed by atoms with Gasteiger partial charge in [0, 0.05) is 0 Å². The lowest BCUT2D eigenvalue weighted by molar-refractivity contribution is 0.554. The summed E-state index contributed by atoms with van der Waals surface area (Å²) in [6.07, 6.45) is 16.5. The van der Waals surface area contributed by atoms with Gasteiger partial charge >= 0.3 is 0 Å². The molecule has 0 amide bonds. The van der Waals surface area contributed by atoms with Gasteiger partial charge in [-0.05, 0) is 31.6 Å². The van der Waals surface area contributed by atoms with E-state index in [1.807, 2.05) is 0 Å². The van der Waals surface area contributed by atoms with Gasteiger partial charge in [-0.1, -0.05) is 36.0 Å². The van der Waals surface area contributed by atoms with Crippen LogP contribution in [0.2, 0.25) is 0 Å². The van der Waals surface area contributed by atoms with Crippen molar-refractivity contribution in [2.75, 3.05) is 0 Å². The maximum atomic E-state index is 2.34. The van der Waals surface area contributed by atoms with Gasteiger partial charge in [-0.2, -0.15) is 0 Å². The van der Waals surface area contributed by atoms with E-state index >= 15 is 0 Å². The Hall–Kier alpha value is -0.780. The molecule has 0 saturated carbocycles. The SMILES string of the molecule is C1=CCC(CCC2C=CC2)=C1. The summed E-state index contributed by atoms with van der Waals surface area (Å²) in [4.78, 5) is 0. The predicted molar refractivity (Wildman–Crippen MR) is 48.3 cm³/mol. The van der Waals surface area contributed by atoms with Gasteiger partial charge in [0.25, 0.3) is 0 Å². The molecule has 0 N–H and O–H groups in total. The molecule has 0 heterocycles. The first kappa shape index (κ1) is 6.90. The van der Waals surface area contributed by atoms with Crippen LogP contribution in [-0.4, -0.2) is 0 Å². The smallest absolute Gasteiger partial charge is 0.0133 e. The van der Waals surface area contributed by atoms with Crippen molar-refractivity contribution in [3.63, 3.8) is 0 Å². The molecule has 0 aromatic carbocycles. The second-order valence-corrected chi connectivity index (χ2v) is 3.42. The van der Waals surface area contributed by atoms with Crippen LogP contribution < -0.4 is 0 Å². The van der Waals surface area contributed by atoms with Crippen molar-refractivity contribution in [3.05, 3.63) is 36.0 Å². The van der Waals surface area contributed by atoms with E-state index < -0.39 is 0 Å². The van der Waals surface area contributed by atoms with Crippen LogP contribution in [0.1, 0.15) is 25.7 Å². The van der Waals surface area contributed by atoms with E-state index in [-0.39, 0.29) is 0 Å². The van der Waals surface area contributed by atoms with Gasteiger partial charge in [-0.3, -0.25) is 0 Å². The van der Waals surface area contributed by atoms with Crippen LogP contribution in [0.4, 0.5) is 0 Å². The van der Waals surface area contributed by atoms with Crippen LogP contribution in [0.3, 0.4) is 0 Å². The number of hydrogen-bond donors (Lipinski definition) is 0. The fourth-order valence-electron chi connectivity index (χ4n) is 1.59. The van der Waals surface area contributed by atoms with E-state index in [1.165, 1.54) is 25.7 Å². The van der Waals surface area contributed by atoms with Crippen molar-refractivity contribution >= 4 is 0 Å². The lowest BCUT2D eigenvalue weighted by Gasteiger charge is -2.17. The van der Waals surface area contributed by atoms with Crippen molar-refractivity contribution in [3.8, 4) is 0 Å². The van der Waals surface area contributed by atoms with E-state index in [9.17, 15) is 0 Å². The molecule has 0 bridgehead atoms. The Morgan fingerprint density at radius 3 is 2.82 bits per heavy atom. The Balaban J connectivity index is 1.70. The van der Waals surface area contributed by atoms with Crippen molar-refractivity contribution in [1.29, 1.82) is 0 Å².